The maximum absolute atomic E-state index is 12.2. The summed E-state index contributed by atoms with van der Waals surface area (Å²) in [6.07, 6.45) is 3.27. The summed E-state index contributed by atoms with van der Waals surface area (Å²) in [4.78, 5) is 0.183. The van der Waals surface area contributed by atoms with E-state index in [9.17, 15) is 13.5 Å². The monoisotopic (exact) mass is 299 g/mol. The Kier molecular flexibility index (Phi) is 5.01. The predicted octanol–water partition coefficient (Wildman–Crippen LogP) is 1.52. The molecule has 1 saturated carbocycles. The van der Waals surface area contributed by atoms with Crippen LogP contribution in [0.15, 0.2) is 29.2 Å². The number of methoxy groups -OCH3 is 1. The van der Waals surface area contributed by atoms with Gasteiger partial charge >= 0.3 is 0 Å². The number of aliphatic hydroxyl groups excluding tert-OH is 1. The fourth-order valence-electron chi connectivity index (χ4n) is 2.49. The van der Waals surface area contributed by atoms with Gasteiger partial charge in [0.25, 0.3) is 0 Å². The maximum atomic E-state index is 12.2. The van der Waals surface area contributed by atoms with Crippen LogP contribution in [0.25, 0.3) is 0 Å². The zero-order valence-corrected chi connectivity index (χ0v) is 12.4. The number of sulfonamides is 1. The van der Waals surface area contributed by atoms with Crippen molar-refractivity contribution >= 4 is 10.0 Å². The van der Waals surface area contributed by atoms with Crippen LogP contribution in [-0.2, 0) is 10.0 Å². The first kappa shape index (κ1) is 15.3. The molecule has 0 heterocycles. The van der Waals surface area contributed by atoms with Gasteiger partial charge in [-0.3, -0.25) is 0 Å². The van der Waals surface area contributed by atoms with Gasteiger partial charge in [-0.05, 0) is 30.9 Å². The predicted molar refractivity (Wildman–Crippen MR) is 76.1 cm³/mol. The number of nitrogens with one attached hydrogen (secondary N) is 1. The third kappa shape index (κ3) is 3.71. The Morgan fingerprint density at radius 1 is 1.35 bits per heavy atom. The Labute approximate surface area is 120 Å². The van der Waals surface area contributed by atoms with Gasteiger partial charge in [-0.25, -0.2) is 13.1 Å². The fourth-order valence-corrected chi connectivity index (χ4v) is 3.62. The summed E-state index contributed by atoms with van der Waals surface area (Å²) in [5.41, 5.74) is 0. The molecule has 112 valence electrons. The van der Waals surface area contributed by atoms with Crippen LogP contribution in [0.5, 0.6) is 5.75 Å². The van der Waals surface area contributed by atoms with E-state index in [1.807, 2.05) is 0 Å². The second kappa shape index (κ2) is 6.56. The van der Waals surface area contributed by atoms with E-state index < -0.39 is 16.1 Å². The Morgan fingerprint density at radius 3 is 2.80 bits per heavy atom. The van der Waals surface area contributed by atoms with E-state index in [1.54, 1.807) is 12.1 Å². The van der Waals surface area contributed by atoms with E-state index in [1.165, 1.54) is 19.2 Å². The summed E-state index contributed by atoms with van der Waals surface area (Å²) in [5.74, 6) is 0.509. The third-order valence-electron chi connectivity index (χ3n) is 3.76. The van der Waals surface area contributed by atoms with Gasteiger partial charge in [0.1, 0.15) is 5.75 Å². The van der Waals surface area contributed by atoms with Crippen molar-refractivity contribution in [2.75, 3.05) is 13.7 Å². The zero-order valence-electron chi connectivity index (χ0n) is 11.6. The van der Waals surface area contributed by atoms with E-state index in [4.69, 9.17) is 4.74 Å². The Bertz CT molecular complexity index is 544. The van der Waals surface area contributed by atoms with Crippen molar-refractivity contribution in [3.8, 4) is 5.75 Å². The molecule has 0 saturated heterocycles. The fraction of sp³-hybridized carbons (Fsp3) is 0.571. The highest BCUT2D eigenvalue weighted by Crippen LogP contribution is 2.24. The SMILES string of the molecule is COc1cccc(S(=O)(=O)NCC2CCCCC2O)c1. The molecule has 2 rings (SSSR count). The molecule has 0 aliphatic heterocycles. The Morgan fingerprint density at radius 2 is 2.10 bits per heavy atom. The van der Waals surface area contributed by atoms with Crippen LogP contribution in [0.1, 0.15) is 25.7 Å². The normalized spacial score (nSPS) is 23.5. The summed E-state index contributed by atoms with van der Waals surface area (Å²) in [6, 6.07) is 6.36. The average Bonchev–Trinajstić information content (AvgIpc) is 2.46. The standard InChI is InChI=1S/C14H21NO4S/c1-19-12-6-4-7-13(9-12)20(17,18)15-10-11-5-2-3-8-14(11)16/h4,6-7,9,11,14-16H,2-3,5,8,10H2,1H3. The van der Waals surface area contributed by atoms with Gasteiger partial charge in [-0.1, -0.05) is 18.9 Å². The van der Waals surface area contributed by atoms with Crippen molar-refractivity contribution in [1.82, 2.24) is 4.72 Å². The van der Waals surface area contributed by atoms with Crippen LogP contribution in [-0.4, -0.2) is 33.3 Å². The summed E-state index contributed by atoms with van der Waals surface area (Å²) in [6.45, 7) is 0.278. The number of hydrogen-bond donors (Lipinski definition) is 2. The lowest BCUT2D eigenvalue weighted by molar-refractivity contribution is 0.0724. The van der Waals surface area contributed by atoms with Gasteiger partial charge < -0.3 is 9.84 Å². The molecule has 0 bridgehead atoms. The molecule has 0 amide bonds. The number of hydrogen-bond acceptors (Lipinski definition) is 4. The molecule has 6 heteroatoms. The van der Waals surface area contributed by atoms with Crippen molar-refractivity contribution in [3.05, 3.63) is 24.3 Å². The molecule has 5 nitrogen and oxygen atoms in total. The summed E-state index contributed by atoms with van der Waals surface area (Å²) in [7, 11) is -2.06. The van der Waals surface area contributed by atoms with E-state index >= 15 is 0 Å². The maximum Gasteiger partial charge on any atom is 0.240 e. The van der Waals surface area contributed by atoms with Crippen molar-refractivity contribution in [2.24, 2.45) is 5.92 Å². The summed E-state index contributed by atoms with van der Waals surface area (Å²) in [5, 5.41) is 9.86. The van der Waals surface area contributed by atoms with Crippen LogP contribution in [0.3, 0.4) is 0 Å². The van der Waals surface area contributed by atoms with Gasteiger partial charge in [-0.15, -0.1) is 0 Å². The molecule has 1 aromatic carbocycles. The minimum absolute atomic E-state index is 0.00383. The van der Waals surface area contributed by atoms with Crippen LogP contribution < -0.4 is 9.46 Å². The highest BCUT2D eigenvalue weighted by molar-refractivity contribution is 7.89. The van der Waals surface area contributed by atoms with Crippen molar-refractivity contribution in [3.63, 3.8) is 0 Å². The number of benzene rings is 1. The quantitative estimate of drug-likeness (QED) is 0.864. The molecule has 2 unspecified atom stereocenters. The van der Waals surface area contributed by atoms with Gasteiger partial charge in [-0.2, -0.15) is 0 Å². The largest absolute Gasteiger partial charge is 0.497 e. The lowest BCUT2D eigenvalue weighted by atomic mass is 9.87. The second-order valence-corrected chi connectivity index (χ2v) is 6.91. The Balaban J connectivity index is 2.03. The minimum atomic E-state index is -3.56. The highest BCUT2D eigenvalue weighted by Gasteiger charge is 2.25. The number of aliphatic hydroxyl groups is 1. The number of rotatable bonds is 5. The van der Waals surface area contributed by atoms with Gasteiger partial charge in [0.05, 0.1) is 18.1 Å². The summed E-state index contributed by atoms with van der Waals surface area (Å²) >= 11 is 0. The zero-order chi connectivity index (χ0) is 14.6. The molecule has 1 aliphatic carbocycles. The first-order valence-electron chi connectivity index (χ1n) is 6.85. The van der Waals surface area contributed by atoms with Gasteiger partial charge in [0.2, 0.25) is 10.0 Å². The molecule has 2 N–H and O–H groups in total. The van der Waals surface area contributed by atoms with Crippen molar-refractivity contribution < 1.29 is 18.3 Å². The first-order valence-corrected chi connectivity index (χ1v) is 8.33. The minimum Gasteiger partial charge on any atom is -0.497 e. The van der Waals surface area contributed by atoms with Crippen molar-refractivity contribution in [2.45, 2.75) is 36.7 Å². The summed E-state index contributed by atoms with van der Waals surface area (Å²) < 4.78 is 32.0. The Hall–Kier alpha value is -1.11. The lowest BCUT2D eigenvalue weighted by Crippen LogP contribution is -2.36. The molecule has 0 radical (unpaired) electrons. The van der Waals surface area contributed by atoms with E-state index in [0.29, 0.717) is 5.75 Å². The van der Waals surface area contributed by atoms with E-state index in [-0.39, 0.29) is 17.4 Å². The lowest BCUT2D eigenvalue weighted by Gasteiger charge is -2.27. The van der Waals surface area contributed by atoms with Crippen LogP contribution in [0.2, 0.25) is 0 Å². The smallest absolute Gasteiger partial charge is 0.240 e. The topological polar surface area (TPSA) is 75.6 Å². The highest BCUT2D eigenvalue weighted by atomic mass is 32.2. The molecule has 1 fully saturated rings. The van der Waals surface area contributed by atoms with Crippen molar-refractivity contribution in [1.29, 1.82) is 0 Å². The van der Waals surface area contributed by atoms with Gasteiger partial charge in [0, 0.05) is 12.6 Å². The molecule has 0 aromatic heterocycles. The van der Waals surface area contributed by atoms with E-state index in [0.717, 1.165) is 25.7 Å². The van der Waals surface area contributed by atoms with Crippen LogP contribution >= 0.6 is 0 Å². The first-order chi connectivity index (χ1) is 9.53. The second-order valence-electron chi connectivity index (χ2n) is 5.14. The molecule has 1 aliphatic rings. The van der Waals surface area contributed by atoms with Gasteiger partial charge in [0.15, 0.2) is 0 Å². The van der Waals surface area contributed by atoms with Crippen LogP contribution in [0.4, 0.5) is 0 Å². The molecular formula is C14H21NO4S. The molecule has 1 aromatic rings. The molecular weight excluding hydrogens is 278 g/mol. The van der Waals surface area contributed by atoms with E-state index in [2.05, 4.69) is 4.72 Å². The molecule has 0 spiro atoms. The molecule has 20 heavy (non-hydrogen) atoms. The number of ether oxygens (including phenoxy) is 1. The van der Waals surface area contributed by atoms with Crippen LogP contribution in [0, 0.1) is 5.92 Å². The average molecular weight is 299 g/mol. The third-order valence-corrected chi connectivity index (χ3v) is 5.18. The molecule has 2 atom stereocenters.